The van der Waals surface area contributed by atoms with E-state index in [1.807, 2.05) is 51.9 Å². The summed E-state index contributed by atoms with van der Waals surface area (Å²) in [6.07, 6.45) is -1.44. The normalized spacial score (nSPS) is 15.3. The first-order chi connectivity index (χ1) is 57.3. The molecule has 0 bridgehead atoms. The Morgan fingerprint density at radius 2 is 1.28 bits per heavy atom. The number of phenols is 1. The van der Waals surface area contributed by atoms with Gasteiger partial charge < -0.3 is 97.6 Å². The Bertz CT molecular complexity index is 3990. The van der Waals surface area contributed by atoms with Crippen LogP contribution >= 0.6 is 32.9 Å². The number of aromatic nitrogens is 1. The fraction of sp³-hybridized carbons (Fsp3) is 0.590. The number of rotatable bonds is 53. The van der Waals surface area contributed by atoms with Gasteiger partial charge in [-0.15, -0.1) is 11.3 Å². The van der Waals surface area contributed by atoms with Gasteiger partial charge in [0.2, 0.25) is 35.4 Å². The Balaban J connectivity index is 1.26. The number of nitrogens with one attached hydrogen (secondary N) is 11. The molecule has 0 radical (unpaired) electrons. The lowest BCUT2D eigenvalue weighted by molar-refractivity contribution is -0.161. The zero-order valence-electron chi connectivity index (χ0n) is 69.1. The van der Waals surface area contributed by atoms with Crippen LogP contribution in [-0.4, -0.2) is 246 Å². The van der Waals surface area contributed by atoms with Gasteiger partial charge in [0.25, 0.3) is 5.91 Å². The Hall–Kier alpha value is -11.1. The number of benzene rings is 2. The maximum atomic E-state index is 15.0. The lowest BCUT2D eigenvalue weighted by Crippen LogP contribution is -2.59. The van der Waals surface area contributed by atoms with E-state index in [0.29, 0.717) is 36.0 Å². The number of ether oxygens (including phenoxy) is 3. The second kappa shape index (κ2) is 53.5. The first-order valence-electron chi connectivity index (χ1n) is 39.6. The molecule has 12 atom stereocenters. The molecule has 1 saturated heterocycles. The number of likely N-dealkylation sites (N-methyl/N-ethyl adjacent to an activating group) is 1. The van der Waals surface area contributed by atoms with Gasteiger partial charge in [0.1, 0.15) is 53.3 Å². The Kier molecular flexibility index (Phi) is 45.3. The number of carbonyl (C=O) groups excluding carboxylic acids is 12. The van der Waals surface area contributed by atoms with E-state index in [1.54, 1.807) is 38.1 Å². The predicted octanol–water partition coefficient (Wildman–Crippen LogP) is 4.22. The smallest absolute Gasteiger partial charge is 0.426 e. The quantitative estimate of drug-likeness (QED) is 0.00939. The van der Waals surface area contributed by atoms with Crippen molar-refractivity contribution in [2.45, 2.75) is 232 Å². The largest absolute Gasteiger partial charge is 0.508 e. The van der Waals surface area contributed by atoms with Gasteiger partial charge in [-0.1, -0.05) is 112 Å². The number of piperidine rings is 1. The number of thiazole rings is 1. The van der Waals surface area contributed by atoms with Crippen molar-refractivity contribution in [1.82, 2.24) is 73.5 Å². The third-order valence-electron chi connectivity index (χ3n) is 19.2. The summed E-state index contributed by atoms with van der Waals surface area (Å²) in [5, 5.41) is 81.1. The number of aliphatic carboxylic acids is 5. The molecule has 1 aliphatic heterocycles. The second-order valence-electron chi connectivity index (χ2n) is 29.5. The van der Waals surface area contributed by atoms with Crippen LogP contribution < -0.4 is 58.7 Å². The molecule has 17 N–H and O–H groups in total. The molecule has 4 rings (SSSR count). The molecule has 0 aliphatic carbocycles. The van der Waals surface area contributed by atoms with E-state index in [9.17, 15) is 102 Å². The first kappa shape index (κ1) is 102. The van der Waals surface area contributed by atoms with Gasteiger partial charge in [0.05, 0.1) is 25.3 Å². The van der Waals surface area contributed by atoms with Crippen molar-refractivity contribution in [2.75, 3.05) is 45.0 Å². The maximum absolute atomic E-state index is 15.0. The summed E-state index contributed by atoms with van der Waals surface area (Å²) in [6, 6.07) is 0.487. The molecule has 43 heteroatoms. The highest BCUT2D eigenvalue weighted by atomic mass is 33.1. The van der Waals surface area contributed by atoms with Crippen molar-refractivity contribution < 1.29 is 126 Å². The number of carbonyl (C=O) groups is 17. The number of hydrazine groups is 1. The number of carboxylic acids is 5. The van der Waals surface area contributed by atoms with Crippen LogP contribution in [0.25, 0.3) is 0 Å². The highest BCUT2D eigenvalue weighted by molar-refractivity contribution is 8.76. The van der Waals surface area contributed by atoms with E-state index in [4.69, 9.17) is 19.3 Å². The molecule has 1 fully saturated rings. The average Bonchev–Trinajstić information content (AvgIpc) is 1.80. The third-order valence-corrected chi connectivity index (χ3v) is 22.7. The molecular weight excluding hydrogens is 1650 g/mol. The van der Waals surface area contributed by atoms with Crippen molar-refractivity contribution in [1.29, 1.82) is 0 Å². The van der Waals surface area contributed by atoms with E-state index in [2.05, 4.69) is 58.4 Å². The molecule has 3 aromatic rings. The van der Waals surface area contributed by atoms with Crippen LogP contribution in [0.15, 0.2) is 53.9 Å². The van der Waals surface area contributed by atoms with E-state index in [-0.39, 0.29) is 117 Å². The van der Waals surface area contributed by atoms with Gasteiger partial charge in [0.15, 0.2) is 12.8 Å². The predicted molar refractivity (Wildman–Crippen MR) is 440 cm³/mol. The van der Waals surface area contributed by atoms with Gasteiger partial charge in [-0.2, -0.15) is 0 Å². The van der Waals surface area contributed by atoms with Crippen LogP contribution in [-0.2, 0) is 95.9 Å². The lowest BCUT2D eigenvalue weighted by atomic mass is 9.92. The molecule has 121 heavy (non-hydrogen) atoms. The number of hydrogen-bond donors (Lipinski definition) is 17. The van der Waals surface area contributed by atoms with Gasteiger partial charge in [0, 0.05) is 80.2 Å². The topological polar surface area (TPSA) is 591 Å². The first-order valence-corrected chi connectivity index (χ1v) is 43.0. The summed E-state index contributed by atoms with van der Waals surface area (Å²) in [6.45, 7) is 13.8. The zero-order valence-corrected chi connectivity index (χ0v) is 71.5. The molecule has 1 aromatic heterocycles. The molecule has 2 aromatic carbocycles. The molecule has 2 heterocycles. The van der Waals surface area contributed by atoms with Crippen LogP contribution in [0.5, 0.6) is 5.75 Å². The Labute approximate surface area is 711 Å². The summed E-state index contributed by atoms with van der Waals surface area (Å²) in [4.78, 5) is 226. The minimum atomic E-state index is -1.76. The number of carboxylic acid groups (broad SMARTS) is 5. The van der Waals surface area contributed by atoms with Gasteiger partial charge in [-0.3, -0.25) is 67.9 Å². The number of phenolic OH excluding ortho intramolecular Hbond substituents is 1. The highest BCUT2D eigenvalue weighted by Gasteiger charge is 2.41. The van der Waals surface area contributed by atoms with Crippen LogP contribution in [0.2, 0.25) is 0 Å². The number of hydrogen-bond acceptors (Lipinski definition) is 26. The van der Waals surface area contributed by atoms with Gasteiger partial charge in [-0.25, -0.2) is 34.4 Å². The number of likely N-dealkylation sites (tertiary alicyclic amines) is 1. The van der Waals surface area contributed by atoms with Crippen LogP contribution in [0, 0.1) is 17.8 Å². The van der Waals surface area contributed by atoms with Crippen LogP contribution in [0.3, 0.4) is 0 Å². The highest BCUT2D eigenvalue weighted by Crippen LogP contribution is 2.33. The molecule has 0 saturated carbocycles. The SMILES string of the molecule is CCCC(=O)OCN(C(=O)[C@@H](NC(=O)[C@H]1CCCCN1C)C(C)CC)[C@H](C[C@@H](OC(C)=O)c1nc(C(=O)N[C@@H](Cc2ccc(O)cc2)C[C@H](C)C(=O)NNC(=O)OCCSSC[C@@H](C)NC(=O)[C@H](CC(=O)O)NC(=O)[C@H](CC(=O)O)NC(=O)Cc2ccc(CNC(=O)NCCCCC(NC(=O)N[C@@H](CCC(=O)O)C(=O)O)C(=O)O)cc2)cs1)C(C)C. The molecule has 0 spiro atoms. The van der Waals surface area contributed by atoms with Crippen LogP contribution in [0.4, 0.5) is 14.4 Å². The van der Waals surface area contributed by atoms with Gasteiger partial charge in [-0.05, 0) is 119 Å². The summed E-state index contributed by atoms with van der Waals surface area (Å²) in [5.74, 6) is -14.7. The molecule has 1 aliphatic rings. The van der Waals surface area contributed by atoms with Crippen molar-refractivity contribution in [2.24, 2.45) is 17.8 Å². The average molecular weight is 1760 g/mol. The fourth-order valence-corrected chi connectivity index (χ4v) is 15.4. The summed E-state index contributed by atoms with van der Waals surface area (Å²) in [5.41, 5.74) is 6.08. The van der Waals surface area contributed by atoms with E-state index in [0.717, 1.165) is 30.7 Å². The third kappa shape index (κ3) is 38.9. The lowest BCUT2D eigenvalue weighted by Gasteiger charge is -2.39. The molecule has 40 nitrogen and oxygen atoms in total. The fourth-order valence-electron chi connectivity index (χ4n) is 12.4. The van der Waals surface area contributed by atoms with Crippen molar-refractivity contribution in [3.8, 4) is 5.75 Å². The number of urea groups is 2. The molecular formula is C78H114N14O26S3. The second-order valence-corrected chi connectivity index (χ2v) is 33.1. The van der Waals surface area contributed by atoms with Gasteiger partial charge >= 0.3 is 59.9 Å². The Morgan fingerprint density at radius 1 is 0.653 bits per heavy atom. The standard InChI is InChI=1S/C78H114N14O26S3/c1-10-16-65(102)117-42-92(73(108)66(44(5)11-2)88-71(107)58-18-13-15-30-91(58)9)59(43(3)4)38-60(118-47(8)93)72-85-57(41-119-72)70(106)82-51(34-48-23-25-52(94)26-24-48)33-45(6)67(103)89-90-78(115)116-31-32-120-121-40-46(7)81-68(104)56(37-64(100)101)84-69(105)55(36-63(98)99)83-61(95)35-49-19-21-50(22-20-49)39-80-76(113)79-29-14-12-17-53(74(109)110)86-77(114)87-54(75(111)112)27-28-62(96)97/h19-26,41,43-46,51,53-56,58-60,66,94H,10-18,27-40,42H2,1-9H3,(H,81,104)(H,82,106)(H,83,95)(H,84,105)(H,88,107)(H,89,103)(H,90,115)(H,96,97)(H,98,99)(H,100,101)(H,109,110)(H,111,112)(H2,79,80,113)(H2,86,87,114)/t44?,45-,46+,51+,53?,54-,55-,56-,58+,59+,60+,66-/m0/s1. The summed E-state index contributed by atoms with van der Waals surface area (Å²) >= 11 is 1.02. The van der Waals surface area contributed by atoms with E-state index < -0.39 is 194 Å². The minimum absolute atomic E-state index is 0.0000716. The summed E-state index contributed by atoms with van der Waals surface area (Å²) in [7, 11) is 4.30. The molecule has 2 unspecified atom stereocenters. The zero-order chi connectivity index (χ0) is 90.0. The molecule has 670 valence electrons. The van der Waals surface area contributed by atoms with Crippen molar-refractivity contribution in [3.05, 3.63) is 81.3 Å². The minimum Gasteiger partial charge on any atom is -0.508 e. The van der Waals surface area contributed by atoms with E-state index in [1.165, 1.54) is 63.1 Å². The van der Waals surface area contributed by atoms with Crippen molar-refractivity contribution >= 4 is 134 Å². The maximum Gasteiger partial charge on any atom is 0.426 e. The van der Waals surface area contributed by atoms with Crippen LogP contribution in [0.1, 0.15) is 190 Å². The number of aromatic hydroxyl groups is 1. The molecule has 12 amide bonds. The Morgan fingerprint density at radius 3 is 1.88 bits per heavy atom. The number of amides is 12. The summed E-state index contributed by atoms with van der Waals surface area (Å²) < 4.78 is 16.8. The van der Waals surface area contributed by atoms with Crippen molar-refractivity contribution in [3.63, 3.8) is 0 Å². The number of unbranched alkanes of at least 4 members (excludes halogenated alkanes) is 1. The number of nitrogens with zero attached hydrogens (tertiary/aromatic N) is 3. The monoisotopic (exact) mass is 1760 g/mol. The number of esters is 2. The van der Waals surface area contributed by atoms with E-state index >= 15 is 4.79 Å².